The Morgan fingerprint density at radius 3 is 0.889 bits per heavy atom. The van der Waals surface area contributed by atoms with Crippen molar-refractivity contribution < 1.29 is 29.4 Å². The molecule has 0 bridgehead atoms. The highest BCUT2D eigenvalue weighted by atomic mass is 16.3. The van der Waals surface area contributed by atoms with Crippen LogP contribution in [0.5, 0.6) is 0 Å². The summed E-state index contributed by atoms with van der Waals surface area (Å²) >= 11 is 0. The first kappa shape index (κ1) is 60.6. The van der Waals surface area contributed by atoms with Crippen molar-refractivity contribution in [2.75, 3.05) is 52.4 Å². The van der Waals surface area contributed by atoms with Crippen molar-refractivity contribution in [1.29, 1.82) is 0 Å². The van der Waals surface area contributed by atoms with E-state index in [-0.39, 0.29) is 36.7 Å². The number of β-amino-alcohol motifs (C(OH)–C–C–N with tert-alkyl or cyclic N) is 2. The molecule has 2 unspecified atom stereocenters. The molecule has 0 aliphatic carbocycles. The first-order valence-corrected chi connectivity index (χ1v) is 29.3. The molecule has 10 nitrogen and oxygen atoms in total. The molecule has 2 aliphatic heterocycles. The first-order chi connectivity index (χ1) is 35.2. The second kappa shape index (κ2) is 37.7. The van der Waals surface area contributed by atoms with Gasteiger partial charge in [-0.3, -0.25) is 29.0 Å². The van der Waals surface area contributed by atoms with E-state index in [1.165, 1.54) is 151 Å². The second-order valence-corrected chi connectivity index (χ2v) is 21.0. The molecule has 4 rings (SSSR count). The summed E-state index contributed by atoms with van der Waals surface area (Å²) in [6, 6.07) is 13.7. The number of hydrogen-bond acceptors (Lipinski definition) is 8. The summed E-state index contributed by atoms with van der Waals surface area (Å²) in [5.74, 6) is -1.38. The number of imide groups is 2. The maximum absolute atomic E-state index is 13.1. The second-order valence-electron chi connectivity index (χ2n) is 21.0. The molecule has 4 amide bonds. The van der Waals surface area contributed by atoms with Gasteiger partial charge < -0.3 is 20.0 Å². The summed E-state index contributed by atoms with van der Waals surface area (Å²) in [6.07, 6.45) is 44.4. The highest BCUT2D eigenvalue weighted by molar-refractivity contribution is 6.22. The topological polar surface area (TPSA) is 122 Å². The molecule has 0 saturated carbocycles. The lowest BCUT2D eigenvalue weighted by molar-refractivity contribution is 0.0451. The Hall–Kier alpha value is -3.96. The fourth-order valence-electron chi connectivity index (χ4n) is 10.4. The van der Waals surface area contributed by atoms with Crippen molar-refractivity contribution in [2.45, 2.75) is 219 Å². The molecular formula is C62H98N4O6. The van der Waals surface area contributed by atoms with E-state index in [4.69, 9.17) is 0 Å². The molecule has 2 aromatic carbocycles. The van der Waals surface area contributed by atoms with Crippen molar-refractivity contribution in [1.82, 2.24) is 19.6 Å². The predicted molar refractivity (Wildman–Crippen MR) is 297 cm³/mol. The summed E-state index contributed by atoms with van der Waals surface area (Å²) in [6.45, 7) is 8.40. The quantitative estimate of drug-likeness (QED) is 0.0382. The highest BCUT2D eigenvalue weighted by Crippen LogP contribution is 2.24. The molecule has 0 radical (unpaired) electrons. The summed E-state index contributed by atoms with van der Waals surface area (Å²) in [4.78, 5) is 59.5. The Morgan fingerprint density at radius 1 is 0.375 bits per heavy atom. The maximum Gasteiger partial charge on any atom is 0.261 e. The van der Waals surface area contributed by atoms with Gasteiger partial charge in [-0.05, 0) is 127 Å². The third kappa shape index (κ3) is 23.5. The number of aliphatic hydroxyl groups is 2. The predicted octanol–water partition coefficient (Wildman–Crippen LogP) is 13.8. The molecule has 2 aromatic rings. The first-order valence-electron chi connectivity index (χ1n) is 29.3. The number of rotatable bonds is 45. The number of unbranched alkanes of at least 4 members (excludes halogenated alkanes) is 25. The third-order valence-electron chi connectivity index (χ3n) is 14.7. The largest absolute Gasteiger partial charge is 0.390 e. The van der Waals surface area contributed by atoms with Gasteiger partial charge in [0.1, 0.15) is 0 Å². The van der Waals surface area contributed by atoms with Crippen LogP contribution >= 0.6 is 0 Å². The van der Waals surface area contributed by atoms with E-state index >= 15 is 0 Å². The van der Waals surface area contributed by atoms with Crippen LogP contribution in [0, 0.1) is 0 Å². The maximum atomic E-state index is 13.1. The van der Waals surface area contributed by atoms with Gasteiger partial charge in [0.15, 0.2) is 0 Å². The van der Waals surface area contributed by atoms with Crippen molar-refractivity contribution in [3.05, 3.63) is 95.1 Å². The lowest BCUT2D eigenvalue weighted by atomic mass is 10.1. The molecule has 2 aliphatic rings. The van der Waals surface area contributed by atoms with E-state index < -0.39 is 12.2 Å². The van der Waals surface area contributed by atoms with E-state index in [2.05, 4.69) is 48.0 Å². The lowest BCUT2D eigenvalue weighted by Crippen LogP contribution is -2.43. The fraction of sp³-hybridized carbons (Fsp3) is 0.677. The van der Waals surface area contributed by atoms with Crippen molar-refractivity contribution in [2.24, 2.45) is 0 Å². The monoisotopic (exact) mass is 995 g/mol. The molecule has 0 fully saturated rings. The minimum Gasteiger partial charge on any atom is -0.390 e. The number of allylic oxidation sites excluding steroid dienone is 4. The van der Waals surface area contributed by atoms with Crippen molar-refractivity contribution in [3.8, 4) is 0 Å². The minimum absolute atomic E-state index is 0.0363. The Bertz CT molecular complexity index is 1680. The number of hydrogen-bond donors (Lipinski definition) is 2. The van der Waals surface area contributed by atoms with Crippen molar-refractivity contribution in [3.63, 3.8) is 0 Å². The van der Waals surface area contributed by atoms with Gasteiger partial charge in [0.2, 0.25) is 0 Å². The molecule has 72 heavy (non-hydrogen) atoms. The van der Waals surface area contributed by atoms with E-state index in [1.54, 1.807) is 48.5 Å². The number of fused-ring (bicyclic) bond motifs is 2. The molecular weight excluding hydrogens is 897 g/mol. The molecule has 2 N–H and O–H groups in total. The van der Waals surface area contributed by atoms with E-state index in [0.29, 0.717) is 35.3 Å². The van der Waals surface area contributed by atoms with Crippen LogP contribution < -0.4 is 0 Å². The van der Waals surface area contributed by atoms with Crippen LogP contribution in [0.4, 0.5) is 0 Å². The molecule has 0 aromatic heterocycles. The van der Waals surface area contributed by atoms with Gasteiger partial charge in [-0.2, -0.15) is 0 Å². The van der Waals surface area contributed by atoms with Crippen molar-refractivity contribution >= 4 is 23.6 Å². The number of carbonyl (C=O) groups excluding carboxylic acids is 4. The third-order valence-corrected chi connectivity index (χ3v) is 14.7. The fourth-order valence-corrected chi connectivity index (χ4v) is 10.4. The van der Waals surface area contributed by atoms with Crippen LogP contribution in [-0.2, 0) is 0 Å². The number of nitrogens with zero attached hydrogens (tertiary/aromatic N) is 4. The Morgan fingerprint density at radius 2 is 0.611 bits per heavy atom. The summed E-state index contributed by atoms with van der Waals surface area (Å²) < 4.78 is 0. The smallest absolute Gasteiger partial charge is 0.261 e. The Labute approximate surface area is 437 Å². The minimum atomic E-state index is -0.874. The standard InChI is InChI=1S/C62H98N4O6/c1-3-5-7-9-11-13-15-17-19-21-23-25-27-29-31-37-45-63(49-53(67)51-65-59(69)55-41-33-34-42-56(55)60(65)70)47-39-40-48-64(50-54(68)52-66-61(71)57-43-35-36-44-58(57)62(66)72)46-38-32-30-28-26-24-22-20-18-16-14-12-10-8-6-4-2/h17-20,33-36,41-44,53-54,67-68H,3-16,21-32,37-40,45-52H2,1-2H3/b19-17-,20-18+. The van der Waals surface area contributed by atoms with E-state index in [1.807, 2.05) is 0 Å². The zero-order chi connectivity index (χ0) is 51.4. The zero-order valence-corrected chi connectivity index (χ0v) is 45.3. The summed E-state index contributed by atoms with van der Waals surface area (Å²) in [5, 5.41) is 22.7. The van der Waals surface area contributed by atoms with Gasteiger partial charge in [0, 0.05) is 13.1 Å². The average Bonchev–Trinajstić information content (AvgIpc) is 3.76. The summed E-state index contributed by atoms with van der Waals surface area (Å²) in [5.41, 5.74) is 1.58. The highest BCUT2D eigenvalue weighted by Gasteiger charge is 2.37. The normalized spacial score (nSPS) is 14.6. The lowest BCUT2D eigenvalue weighted by Gasteiger charge is -2.29. The molecule has 402 valence electrons. The number of carbonyl (C=O) groups is 4. The number of benzene rings is 2. The van der Waals surface area contributed by atoms with Crippen LogP contribution in [0.15, 0.2) is 72.8 Å². The van der Waals surface area contributed by atoms with Crippen LogP contribution in [-0.4, -0.2) is 118 Å². The van der Waals surface area contributed by atoms with Gasteiger partial charge in [0.05, 0.1) is 47.6 Å². The number of aliphatic hydroxyl groups excluding tert-OH is 2. The van der Waals surface area contributed by atoms with Gasteiger partial charge in [0.25, 0.3) is 23.6 Å². The molecule has 2 atom stereocenters. The van der Waals surface area contributed by atoms with E-state index in [0.717, 1.165) is 77.5 Å². The Balaban J connectivity index is 1.23. The van der Waals surface area contributed by atoms with Gasteiger partial charge in [-0.25, -0.2) is 0 Å². The van der Waals surface area contributed by atoms with E-state index in [9.17, 15) is 29.4 Å². The molecule has 0 spiro atoms. The molecule has 2 heterocycles. The number of amides is 4. The van der Waals surface area contributed by atoms with Crippen LogP contribution in [0.2, 0.25) is 0 Å². The molecule has 0 saturated heterocycles. The van der Waals surface area contributed by atoms with Gasteiger partial charge >= 0.3 is 0 Å². The average molecular weight is 995 g/mol. The SMILES string of the molecule is CCCCCCCC/C=C\CCCCCCCCN(CCCCN(CCCCCCCC/C=C/CCCCCCCC)CC(O)CN1C(=O)c2ccccc2C1=O)CC(O)CN1C(=O)c2ccccc2C1=O. The Kier molecular flexibility index (Phi) is 31.7. The zero-order valence-electron chi connectivity index (χ0n) is 45.3. The van der Waals surface area contributed by atoms with Crippen LogP contribution in [0.25, 0.3) is 0 Å². The van der Waals surface area contributed by atoms with Gasteiger partial charge in [-0.1, -0.05) is 178 Å². The summed E-state index contributed by atoms with van der Waals surface area (Å²) in [7, 11) is 0. The van der Waals surface area contributed by atoms with Crippen LogP contribution in [0.3, 0.4) is 0 Å². The molecule has 10 heteroatoms. The van der Waals surface area contributed by atoms with Gasteiger partial charge in [-0.15, -0.1) is 0 Å². The van der Waals surface area contributed by atoms with Crippen LogP contribution in [0.1, 0.15) is 248 Å².